The lowest BCUT2D eigenvalue weighted by molar-refractivity contribution is 0.844. The molecule has 0 saturated carbocycles. The molecule has 0 spiro atoms. The van der Waals surface area contributed by atoms with Crippen LogP contribution >= 0.6 is 0 Å². The molecule has 2 aromatic carbocycles. The van der Waals surface area contributed by atoms with Gasteiger partial charge in [0.2, 0.25) is 0 Å². The minimum Gasteiger partial charge on any atom is -0.321 e. The Morgan fingerprint density at radius 2 is 1.81 bits per heavy atom. The Kier molecular flexibility index (Phi) is 4.37. The molecule has 0 bridgehead atoms. The Hall–Kier alpha value is -3.18. The maximum Gasteiger partial charge on any atom is 0.162 e. The first-order chi connectivity index (χ1) is 12.7. The van der Waals surface area contributed by atoms with E-state index in [1.54, 1.807) is 0 Å². The van der Waals surface area contributed by atoms with Crippen molar-refractivity contribution in [1.29, 1.82) is 0 Å². The van der Waals surface area contributed by atoms with E-state index in [9.17, 15) is 0 Å². The van der Waals surface area contributed by atoms with Crippen LogP contribution in [0.1, 0.15) is 12.5 Å². The second-order valence-electron chi connectivity index (χ2n) is 6.27. The smallest absolute Gasteiger partial charge is 0.162 e. The van der Waals surface area contributed by atoms with Crippen LogP contribution in [0.3, 0.4) is 0 Å². The van der Waals surface area contributed by atoms with Crippen molar-refractivity contribution in [3.05, 3.63) is 72.7 Å². The third kappa shape index (κ3) is 3.17. The highest BCUT2D eigenvalue weighted by Gasteiger charge is 2.10. The fraction of sp³-hybridized carbons (Fsp3) is 0.143. The van der Waals surface area contributed by atoms with Gasteiger partial charge in [0.15, 0.2) is 5.65 Å². The standard InChI is InChI=1S/C21H21N5/c1-3-23-25-19-6-4-5-17(11-19)20-13-24-26-14-18(12-22-21(20)26)16-9-7-15(2)8-10-16/h4-14,23,25H,3H2,1-2H3. The average Bonchev–Trinajstić information content (AvgIpc) is 3.10. The van der Waals surface area contributed by atoms with Crippen LogP contribution in [0.4, 0.5) is 5.69 Å². The summed E-state index contributed by atoms with van der Waals surface area (Å²) >= 11 is 0. The molecule has 5 heteroatoms. The summed E-state index contributed by atoms with van der Waals surface area (Å²) in [6, 6.07) is 16.7. The summed E-state index contributed by atoms with van der Waals surface area (Å²) in [5.41, 5.74) is 13.7. The van der Waals surface area contributed by atoms with Gasteiger partial charge in [0.1, 0.15) is 0 Å². The van der Waals surface area contributed by atoms with Gasteiger partial charge >= 0.3 is 0 Å². The van der Waals surface area contributed by atoms with Crippen molar-refractivity contribution < 1.29 is 0 Å². The number of fused-ring (bicyclic) bond motifs is 1. The van der Waals surface area contributed by atoms with E-state index in [2.05, 4.69) is 71.2 Å². The maximum absolute atomic E-state index is 4.67. The SMILES string of the molecule is CCNNc1cccc(-c2cnn3cc(-c4ccc(C)cc4)cnc23)c1. The molecule has 0 radical (unpaired) electrons. The van der Waals surface area contributed by atoms with E-state index in [-0.39, 0.29) is 0 Å². The fourth-order valence-electron chi connectivity index (χ4n) is 2.93. The van der Waals surface area contributed by atoms with Crippen molar-refractivity contribution in [2.45, 2.75) is 13.8 Å². The third-order valence-electron chi connectivity index (χ3n) is 4.32. The van der Waals surface area contributed by atoms with E-state index >= 15 is 0 Å². The number of hydrogen-bond acceptors (Lipinski definition) is 4. The third-order valence-corrected chi connectivity index (χ3v) is 4.32. The van der Waals surface area contributed by atoms with Gasteiger partial charge in [-0.25, -0.2) is 14.9 Å². The molecule has 0 saturated heterocycles. The first-order valence-electron chi connectivity index (χ1n) is 8.74. The molecule has 26 heavy (non-hydrogen) atoms. The Balaban J connectivity index is 1.71. The Morgan fingerprint density at radius 1 is 0.962 bits per heavy atom. The van der Waals surface area contributed by atoms with Crippen LogP contribution in [0.15, 0.2) is 67.1 Å². The van der Waals surface area contributed by atoms with Gasteiger partial charge in [0, 0.05) is 35.8 Å². The van der Waals surface area contributed by atoms with Gasteiger partial charge in [-0.1, -0.05) is 48.9 Å². The monoisotopic (exact) mass is 343 g/mol. The zero-order valence-corrected chi connectivity index (χ0v) is 14.9. The molecule has 5 nitrogen and oxygen atoms in total. The largest absolute Gasteiger partial charge is 0.321 e. The summed E-state index contributed by atoms with van der Waals surface area (Å²) in [6.07, 6.45) is 5.80. The first-order valence-corrected chi connectivity index (χ1v) is 8.74. The Labute approximate surface area is 152 Å². The summed E-state index contributed by atoms with van der Waals surface area (Å²) < 4.78 is 1.84. The predicted molar refractivity (Wildman–Crippen MR) is 106 cm³/mol. The zero-order valence-electron chi connectivity index (χ0n) is 14.9. The summed E-state index contributed by atoms with van der Waals surface area (Å²) in [7, 11) is 0. The van der Waals surface area contributed by atoms with Crippen LogP contribution in [0.2, 0.25) is 0 Å². The quantitative estimate of drug-likeness (QED) is 0.530. The topological polar surface area (TPSA) is 54.2 Å². The van der Waals surface area contributed by atoms with Crippen molar-refractivity contribution >= 4 is 11.3 Å². The number of anilines is 1. The van der Waals surface area contributed by atoms with Gasteiger partial charge in [0.05, 0.1) is 6.20 Å². The maximum atomic E-state index is 4.67. The van der Waals surface area contributed by atoms with Crippen LogP contribution in [-0.4, -0.2) is 21.1 Å². The molecule has 2 N–H and O–H groups in total. The van der Waals surface area contributed by atoms with Crippen LogP contribution in [0, 0.1) is 6.92 Å². The minimum atomic E-state index is 0.849. The van der Waals surface area contributed by atoms with E-state index in [0.29, 0.717) is 0 Å². The molecule has 4 rings (SSSR count). The normalized spacial score (nSPS) is 11.0. The number of hydrogen-bond donors (Lipinski definition) is 2. The van der Waals surface area contributed by atoms with Crippen molar-refractivity contribution in [1.82, 2.24) is 20.0 Å². The number of nitrogens with one attached hydrogen (secondary N) is 2. The van der Waals surface area contributed by atoms with Gasteiger partial charge < -0.3 is 5.43 Å². The van der Waals surface area contributed by atoms with Crippen molar-refractivity contribution in [3.8, 4) is 22.3 Å². The van der Waals surface area contributed by atoms with Crippen molar-refractivity contribution in [3.63, 3.8) is 0 Å². The van der Waals surface area contributed by atoms with Crippen LogP contribution in [0.5, 0.6) is 0 Å². The lowest BCUT2D eigenvalue weighted by Crippen LogP contribution is -2.20. The van der Waals surface area contributed by atoms with Gasteiger partial charge in [-0.3, -0.25) is 0 Å². The number of benzene rings is 2. The number of hydrazine groups is 1. The molecule has 0 aliphatic heterocycles. The molecule has 2 heterocycles. The highest BCUT2D eigenvalue weighted by Crippen LogP contribution is 2.27. The molecule has 0 atom stereocenters. The summed E-state index contributed by atoms with van der Waals surface area (Å²) in [5.74, 6) is 0. The number of aryl methyl sites for hydroxylation is 1. The molecule has 0 unspecified atom stereocenters. The molecule has 2 aromatic heterocycles. The predicted octanol–water partition coefficient (Wildman–Crippen LogP) is 4.31. The first kappa shape index (κ1) is 16.3. The Bertz CT molecular complexity index is 1030. The molecule has 0 amide bonds. The molecule has 0 aliphatic carbocycles. The van der Waals surface area contributed by atoms with Crippen LogP contribution < -0.4 is 10.9 Å². The van der Waals surface area contributed by atoms with Crippen molar-refractivity contribution in [2.24, 2.45) is 0 Å². The lowest BCUT2D eigenvalue weighted by Gasteiger charge is -2.08. The second kappa shape index (κ2) is 6.98. The van der Waals surface area contributed by atoms with E-state index in [4.69, 9.17) is 0 Å². The number of aromatic nitrogens is 3. The number of nitrogens with zero attached hydrogens (tertiary/aromatic N) is 3. The molecular weight excluding hydrogens is 322 g/mol. The van der Waals surface area contributed by atoms with Gasteiger partial charge in [-0.15, -0.1) is 0 Å². The fourth-order valence-corrected chi connectivity index (χ4v) is 2.93. The van der Waals surface area contributed by atoms with Gasteiger partial charge in [0.25, 0.3) is 0 Å². The Morgan fingerprint density at radius 3 is 2.62 bits per heavy atom. The van der Waals surface area contributed by atoms with Crippen LogP contribution in [0.25, 0.3) is 27.9 Å². The van der Waals surface area contributed by atoms with E-state index in [1.807, 2.05) is 35.2 Å². The van der Waals surface area contributed by atoms with E-state index < -0.39 is 0 Å². The van der Waals surface area contributed by atoms with Gasteiger partial charge in [-0.05, 0) is 30.2 Å². The summed E-state index contributed by atoms with van der Waals surface area (Å²) in [6.45, 7) is 4.99. The minimum absolute atomic E-state index is 0.849. The molecule has 4 aromatic rings. The lowest BCUT2D eigenvalue weighted by atomic mass is 10.1. The summed E-state index contributed by atoms with van der Waals surface area (Å²) in [5, 5.41) is 4.51. The molecule has 0 aliphatic rings. The highest BCUT2D eigenvalue weighted by molar-refractivity contribution is 5.79. The highest BCUT2D eigenvalue weighted by atomic mass is 15.3. The molecular formula is C21H21N5. The van der Waals surface area contributed by atoms with Crippen LogP contribution in [-0.2, 0) is 0 Å². The van der Waals surface area contributed by atoms with E-state index in [1.165, 1.54) is 5.56 Å². The average molecular weight is 343 g/mol. The zero-order chi connectivity index (χ0) is 17.9. The second-order valence-corrected chi connectivity index (χ2v) is 6.27. The van der Waals surface area contributed by atoms with E-state index in [0.717, 1.165) is 40.1 Å². The molecule has 0 fully saturated rings. The van der Waals surface area contributed by atoms with Gasteiger partial charge in [-0.2, -0.15) is 5.10 Å². The summed E-state index contributed by atoms with van der Waals surface area (Å²) in [4.78, 5) is 4.67. The molecule has 130 valence electrons. The number of rotatable bonds is 5. The van der Waals surface area contributed by atoms with Crippen molar-refractivity contribution in [2.75, 3.05) is 12.0 Å².